The van der Waals surface area contributed by atoms with E-state index in [2.05, 4.69) is 31.9 Å². The maximum atomic E-state index is 3.75. The summed E-state index contributed by atoms with van der Waals surface area (Å²) in [6, 6.07) is 0. The molecule has 0 aliphatic heterocycles. The van der Waals surface area contributed by atoms with Gasteiger partial charge in [-0.05, 0) is 37.5 Å². The second-order valence-corrected chi connectivity index (χ2v) is 5.95. The maximum absolute atomic E-state index is 3.75. The summed E-state index contributed by atoms with van der Waals surface area (Å²) in [6.07, 6.45) is 5.73. The van der Waals surface area contributed by atoms with Crippen molar-refractivity contribution in [2.24, 2.45) is 11.8 Å². The van der Waals surface area contributed by atoms with E-state index in [-0.39, 0.29) is 0 Å². The Morgan fingerprint density at radius 3 is 1.80 bits per heavy atom. The highest BCUT2D eigenvalue weighted by molar-refractivity contribution is 9.10. The second kappa shape index (κ2) is 2.78. The molecule has 2 heteroatoms. The van der Waals surface area contributed by atoms with Gasteiger partial charge < -0.3 is 0 Å². The summed E-state index contributed by atoms with van der Waals surface area (Å²) in [4.78, 5) is 1.60. The van der Waals surface area contributed by atoms with Gasteiger partial charge in [-0.1, -0.05) is 31.9 Å². The van der Waals surface area contributed by atoms with E-state index in [1.807, 2.05) is 0 Å². The van der Waals surface area contributed by atoms with Gasteiger partial charge in [0.15, 0.2) is 0 Å². The van der Waals surface area contributed by atoms with E-state index in [4.69, 9.17) is 0 Å². The number of fused-ring (bicyclic) bond motifs is 2. The third-order valence-corrected chi connectivity index (χ3v) is 5.23. The Morgan fingerprint density at radius 2 is 1.30 bits per heavy atom. The Hall–Kier alpha value is 0.960. The topological polar surface area (TPSA) is 0 Å². The number of rotatable bonds is 0. The molecular formula is C8H12Br2. The Morgan fingerprint density at radius 1 is 0.800 bits per heavy atom. The Labute approximate surface area is 79.0 Å². The third kappa shape index (κ3) is 1.18. The van der Waals surface area contributed by atoms with Crippen molar-refractivity contribution in [2.75, 3.05) is 0 Å². The molecule has 2 aliphatic carbocycles. The van der Waals surface area contributed by atoms with Crippen LogP contribution in [0.2, 0.25) is 0 Å². The van der Waals surface area contributed by atoms with Gasteiger partial charge in [0.2, 0.25) is 0 Å². The number of hydrogen-bond donors (Lipinski definition) is 0. The molecule has 0 nitrogen and oxygen atoms in total. The van der Waals surface area contributed by atoms with Crippen LogP contribution in [0.4, 0.5) is 0 Å². The van der Waals surface area contributed by atoms with Gasteiger partial charge in [0.1, 0.15) is 0 Å². The minimum atomic E-state index is 0.802. The maximum Gasteiger partial charge on any atom is 0.0184 e. The van der Waals surface area contributed by atoms with Crippen LogP contribution >= 0.6 is 31.9 Å². The van der Waals surface area contributed by atoms with Crippen LogP contribution in [-0.2, 0) is 0 Å². The third-order valence-electron chi connectivity index (χ3n) is 2.99. The summed E-state index contributed by atoms with van der Waals surface area (Å²) >= 11 is 7.50. The summed E-state index contributed by atoms with van der Waals surface area (Å²) < 4.78 is 0. The van der Waals surface area contributed by atoms with Crippen molar-refractivity contribution in [3.05, 3.63) is 0 Å². The molecule has 10 heavy (non-hydrogen) atoms. The van der Waals surface area contributed by atoms with Crippen molar-refractivity contribution in [1.29, 1.82) is 0 Å². The summed E-state index contributed by atoms with van der Waals surface area (Å²) in [5.41, 5.74) is 0. The Bertz CT molecular complexity index is 121. The average molecular weight is 268 g/mol. The fourth-order valence-electron chi connectivity index (χ4n) is 2.31. The lowest BCUT2D eigenvalue weighted by molar-refractivity contribution is 0.388. The normalized spacial score (nSPS) is 53.4. The van der Waals surface area contributed by atoms with Gasteiger partial charge in [-0.15, -0.1) is 0 Å². The van der Waals surface area contributed by atoms with Crippen LogP contribution in [0.5, 0.6) is 0 Å². The Balaban J connectivity index is 2.09. The lowest BCUT2D eigenvalue weighted by Crippen LogP contribution is -2.25. The van der Waals surface area contributed by atoms with Gasteiger partial charge in [0, 0.05) is 9.65 Å². The predicted octanol–water partition coefficient (Wildman–Crippen LogP) is 3.33. The smallest absolute Gasteiger partial charge is 0.0184 e. The molecule has 2 aliphatic rings. The molecule has 0 aromatic rings. The largest absolute Gasteiger partial charge is 0.0887 e. The fraction of sp³-hybridized carbons (Fsp3) is 1.00. The molecule has 0 saturated heterocycles. The molecule has 2 bridgehead atoms. The van der Waals surface area contributed by atoms with E-state index in [0.29, 0.717) is 0 Å². The van der Waals surface area contributed by atoms with Gasteiger partial charge in [-0.3, -0.25) is 0 Å². The molecule has 4 atom stereocenters. The standard InChI is InChI=1S/C8H12Br2/c9-7-4-8(10)6-2-1-5(7)3-6/h5-8H,1-4H2/t5-,6+,7-,8-/m1/s1. The molecule has 0 spiro atoms. The SMILES string of the molecule is Br[C@@H]1C[C@@H](Br)[C@H]2CC[C@@H]1C2. The summed E-state index contributed by atoms with van der Waals surface area (Å²) in [5.74, 6) is 2.00. The first-order valence-electron chi connectivity index (χ1n) is 4.05. The highest BCUT2D eigenvalue weighted by Gasteiger charge is 2.39. The van der Waals surface area contributed by atoms with Crippen molar-refractivity contribution in [3.8, 4) is 0 Å². The van der Waals surface area contributed by atoms with Crippen LogP contribution in [0.15, 0.2) is 0 Å². The molecule has 2 rings (SSSR count). The van der Waals surface area contributed by atoms with Crippen LogP contribution in [0.3, 0.4) is 0 Å². The van der Waals surface area contributed by atoms with Gasteiger partial charge in [-0.25, -0.2) is 0 Å². The van der Waals surface area contributed by atoms with Gasteiger partial charge >= 0.3 is 0 Å². The lowest BCUT2D eigenvalue weighted by Gasteiger charge is -2.28. The number of alkyl halides is 2. The fourth-order valence-corrected chi connectivity index (χ4v) is 4.58. The van der Waals surface area contributed by atoms with Crippen LogP contribution in [0.1, 0.15) is 25.7 Å². The predicted molar refractivity (Wildman–Crippen MR) is 50.9 cm³/mol. The molecule has 2 saturated carbocycles. The zero-order chi connectivity index (χ0) is 7.14. The molecule has 0 amide bonds. The van der Waals surface area contributed by atoms with E-state index < -0.39 is 0 Å². The zero-order valence-electron chi connectivity index (χ0n) is 5.89. The van der Waals surface area contributed by atoms with Crippen molar-refractivity contribution in [1.82, 2.24) is 0 Å². The monoisotopic (exact) mass is 266 g/mol. The molecule has 0 unspecified atom stereocenters. The van der Waals surface area contributed by atoms with Crippen LogP contribution in [-0.4, -0.2) is 9.65 Å². The minimum absolute atomic E-state index is 0.802. The summed E-state index contributed by atoms with van der Waals surface area (Å²) in [7, 11) is 0. The summed E-state index contributed by atoms with van der Waals surface area (Å²) in [5, 5.41) is 0. The lowest BCUT2D eigenvalue weighted by atomic mass is 9.89. The van der Waals surface area contributed by atoms with Gasteiger partial charge in [0.25, 0.3) is 0 Å². The van der Waals surface area contributed by atoms with Crippen LogP contribution in [0.25, 0.3) is 0 Å². The molecule has 2 fully saturated rings. The van der Waals surface area contributed by atoms with E-state index in [9.17, 15) is 0 Å². The first kappa shape index (κ1) is 7.60. The first-order valence-corrected chi connectivity index (χ1v) is 5.88. The first-order chi connectivity index (χ1) is 4.77. The Kier molecular flexibility index (Phi) is 2.11. The van der Waals surface area contributed by atoms with Gasteiger partial charge in [-0.2, -0.15) is 0 Å². The van der Waals surface area contributed by atoms with Crippen LogP contribution in [0, 0.1) is 11.8 Å². The zero-order valence-corrected chi connectivity index (χ0v) is 9.07. The highest BCUT2D eigenvalue weighted by atomic mass is 79.9. The van der Waals surface area contributed by atoms with E-state index in [1.54, 1.807) is 0 Å². The van der Waals surface area contributed by atoms with E-state index in [1.165, 1.54) is 25.7 Å². The molecule has 0 aromatic heterocycles. The van der Waals surface area contributed by atoms with Crippen molar-refractivity contribution >= 4 is 31.9 Å². The molecule has 0 heterocycles. The highest BCUT2D eigenvalue weighted by Crippen LogP contribution is 2.47. The second-order valence-electron chi connectivity index (χ2n) is 3.60. The van der Waals surface area contributed by atoms with Gasteiger partial charge in [0.05, 0.1) is 0 Å². The van der Waals surface area contributed by atoms with Crippen molar-refractivity contribution < 1.29 is 0 Å². The van der Waals surface area contributed by atoms with Crippen molar-refractivity contribution in [3.63, 3.8) is 0 Å². The average Bonchev–Trinajstić information content (AvgIpc) is 2.28. The molecule has 58 valence electrons. The number of hydrogen-bond acceptors (Lipinski definition) is 0. The van der Waals surface area contributed by atoms with E-state index >= 15 is 0 Å². The molecule has 0 radical (unpaired) electrons. The number of halogens is 2. The van der Waals surface area contributed by atoms with E-state index in [0.717, 1.165) is 21.5 Å². The molecule has 0 N–H and O–H groups in total. The molecular weight excluding hydrogens is 256 g/mol. The minimum Gasteiger partial charge on any atom is -0.0887 e. The molecule has 0 aromatic carbocycles. The van der Waals surface area contributed by atoms with Crippen LogP contribution < -0.4 is 0 Å². The summed E-state index contributed by atoms with van der Waals surface area (Å²) in [6.45, 7) is 0. The quantitative estimate of drug-likeness (QED) is 0.591. The van der Waals surface area contributed by atoms with Crippen molar-refractivity contribution in [2.45, 2.75) is 35.3 Å².